The topological polar surface area (TPSA) is 67.6 Å². The van der Waals surface area contributed by atoms with E-state index in [0.29, 0.717) is 5.56 Å². The van der Waals surface area contributed by atoms with Crippen LogP contribution >= 0.6 is 0 Å². The summed E-state index contributed by atoms with van der Waals surface area (Å²) in [7, 11) is 3.49. The first-order chi connectivity index (χ1) is 8.49. The van der Waals surface area contributed by atoms with Crippen LogP contribution in [0.2, 0.25) is 0 Å². The van der Waals surface area contributed by atoms with Crippen LogP contribution in [-0.2, 0) is 0 Å². The zero-order valence-corrected chi connectivity index (χ0v) is 11.6. The predicted molar refractivity (Wildman–Crippen MR) is 67.9 cm³/mol. The van der Waals surface area contributed by atoms with Crippen molar-refractivity contribution >= 4 is 5.91 Å². The van der Waals surface area contributed by atoms with Crippen LogP contribution < -0.4 is 10.1 Å². The molecule has 0 spiro atoms. The minimum atomic E-state index is -0.239. The number of ether oxygens (including phenoxy) is 1. The summed E-state index contributed by atoms with van der Waals surface area (Å²) in [6.45, 7) is 7.50. The lowest BCUT2D eigenvalue weighted by molar-refractivity contribution is 0.0922. The summed E-state index contributed by atoms with van der Waals surface area (Å²) in [4.78, 5) is 14.1. The van der Waals surface area contributed by atoms with Gasteiger partial charge in [-0.15, -0.1) is 0 Å². The minimum Gasteiger partial charge on any atom is -0.467 e. The lowest BCUT2D eigenvalue weighted by atomic mass is 10.2. The highest BCUT2D eigenvalue weighted by Crippen LogP contribution is 2.20. The smallest absolute Gasteiger partial charge is 0.314 e. The molecule has 1 heterocycles. The summed E-state index contributed by atoms with van der Waals surface area (Å²) in [6, 6.07) is 0.0459. The Bertz CT molecular complexity index is 403. The number of nitrogens with zero attached hydrogens (tertiary/aromatic N) is 2. The number of carbonyl (C=O) groups excluding carboxylic acids is 1. The molecule has 0 aliphatic rings. The Morgan fingerprint density at radius 2 is 2.28 bits per heavy atom. The summed E-state index contributed by atoms with van der Waals surface area (Å²) in [5, 5.41) is 6.59. The van der Waals surface area contributed by atoms with Crippen LogP contribution in [0, 0.1) is 6.92 Å². The van der Waals surface area contributed by atoms with Crippen molar-refractivity contribution in [1.29, 1.82) is 0 Å². The molecule has 0 saturated heterocycles. The Morgan fingerprint density at radius 1 is 1.61 bits per heavy atom. The Hall–Kier alpha value is -1.56. The second kappa shape index (κ2) is 6.39. The van der Waals surface area contributed by atoms with Gasteiger partial charge in [0.05, 0.1) is 12.7 Å². The average molecular weight is 255 g/mol. The fraction of sp³-hybridized carbons (Fsp3) is 0.667. The number of nitrogens with one attached hydrogen (secondary N) is 1. The molecule has 1 unspecified atom stereocenters. The number of carbonyl (C=O) groups is 1. The van der Waals surface area contributed by atoms with Gasteiger partial charge in [-0.3, -0.25) is 4.79 Å². The summed E-state index contributed by atoms with van der Waals surface area (Å²) in [5.41, 5.74) is 0.892. The first-order valence-electron chi connectivity index (χ1n) is 5.99. The van der Waals surface area contributed by atoms with E-state index in [1.165, 1.54) is 7.11 Å². The van der Waals surface area contributed by atoms with Gasteiger partial charge in [0.15, 0.2) is 5.69 Å². The van der Waals surface area contributed by atoms with Crippen LogP contribution in [0.15, 0.2) is 4.52 Å². The number of methoxy groups -OCH3 is 1. The van der Waals surface area contributed by atoms with Gasteiger partial charge in [0.25, 0.3) is 5.91 Å². The van der Waals surface area contributed by atoms with E-state index in [1.807, 2.05) is 14.0 Å². The molecule has 0 aromatic carbocycles. The first kappa shape index (κ1) is 14.5. The lowest BCUT2D eigenvalue weighted by Gasteiger charge is -2.20. The van der Waals surface area contributed by atoms with Gasteiger partial charge in [-0.05, 0) is 27.4 Å². The second-order valence-corrected chi connectivity index (χ2v) is 4.38. The quantitative estimate of drug-likeness (QED) is 0.823. The molecule has 1 aromatic rings. The van der Waals surface area contributed by atoms with Crippen LogP contribution in [0.1, 0.15) is 29.9 Å². The molecule has 18 heavy (non-hydrogen) atoms. The van der Waals surface area contributed by atoms with Gasteiger partial charge >= 0.3 is 5.95 Å². The van der Waals surface area contributed by atoms with Gasteiger partial charge < -0.3 is 19.5 Å². The van der Waals surface area contributed by atoms with Gasteiger partial charge in [0, 0.05) is 12.6 Å². The Labute approximate surface area is 107 Å². The molecule has 1 atom stereocenters. The van der Waals surface area contributed by atoms with E-state index < -0.39 is 0 Å². The Balaban J connectivity index is 2.62. The van der Waals surface area contributed by atoms with Crippen LogP contribution in [0.25, 0.3) is 0 Å². The Kier molecular flexibility index (Phi) is 5.15. The highest BCUT2D eigenvalue weighted by Gasteiger charge is 2.20. The molecule has 1 aromatic heterocycles. The van der Waals surface area contributed by atoms with Crippen LogP contribution in [-0.4, -0.2) is 49.3 Å². The summed E-state index contributed by atoms with van der Waals surface area (Å²) >= 11 is 0. The van der Waals surface area contributed by atoms with E-state index in [9.17, 15) is 4.79 Å². The van der Waals surface area contributed by atoms with Crippen LogP contribution in [0.3, 0.4) is 0 Å². The standard InChI is InChI=1S/C12H21N3O3/c1-6-15(4)7-8(2)13-11(16)10-9(3)12(17-5)18-14-10/h8H,6-7H2,1-5H3,(H,13,16). The van der Waals surface area contributed by atoms with Crippen molar-refractivity contribution in [3.05, 3.63) is 11.3 Å². The predicted octanol–water partition coefficient (Wildman–Crippen LogP) is 1.06. The van der Waals surface area contributed by atoms with Crippen molar-refractivity contribution in [1.82, 2.24) is 15.4 Å². The molecule has 0 fully saturated rings. The van der Waals surface area contributed by atoms with E-state index in [4.69, 9.17) is 9.26 Å². The first-order valence-corrected chi connectivity index (χ1v) is 5.99. The van der Waals surface area contributed by atoms with Crippen molar-refractivity contribution in [2.45, 2.75) is 26.8 Å². The van der Waals surface area contributed by atoms with Gasteiger partial charge in [0.1, 0.15) is 0 Å². The van der Waals surface area contributed by atoms with Crippen LogP contribution in [0.5, 0.6) is 5.95 Å². The van der Waals surface area contributed by atoms with Crippen molar-refractivity contribution in [2.75, 3.05) is 27.2 Å². The number of aromatic nitrogens is 1. The SMILES string of the molecule is CCN(C)CC(C)NC(=O)c1noc(OC)c1C. The van der Waals surface area contributed by atoms with E-state index in [-0.39, 0.29) is 23.6 Å². The van der Waals surface area contributed by atoms with Crippen molar-refractivity contribution < 1.29 is 14.1 Å². The largest absolute Gasteiger partial charge is 0.467 e. The molecule has 1 N–H and O–H groups in total. The van der Waals surface area contributed by atoms with Gasteiger partial charge in [-0.25, -0.2) is 0 Å². The molecular weight excluding hydrogens is 234 g/mol. The summed E-state index contributed by atoms with van der Waals surface area (Å²) < 4.78 is 9.85. The molecule has 1 amide bonds. The van der Waals surface area contributed by atoms with Gasteiger partial charge in [-0.2, -0.15) is 0 Å². The molecule has 0 saturated carbocycles. The Morgan fingerprint density at radius 3 is 2.78 bits per heavy atom. The number of amides is 1. The second-order valence-electron chi connectivity index (χ2n) is 4.38. The van der Waals surface area contributed by atoms with Crippen LogP contribution in [0.4, 0.5) is 0 Å². The number of likely N-dealkylation sites (N-methyl/N-ethyl adjacent to an activating group) is 1. The maximum Gasteiger partial charge on any atom is 0.314 e. The normalized spacial score (nSPS) is 12.6. The van der Waals surface area contributed by atoms with E-state index in [1.54, 1.807) is 6.92 Å². The zero-order valence-electron chi connectivity index (χ0n) is 11.6. The van der Waals surface area contributed by atoms with Gasteiger partial charge in [0.2, 0.25) is 0 Å². The van der Waals surface area contributed by atoms with E-state index >= 15 is 0 Å². The fourth-order valence-corrected chi connectivity index (χ4v) is 1.66. The molecule has 6 nitrogen and oxygen atoms in total. The maximum absolute atomic E-state index is 12.0. The average Bonchev–Trinajstić information content (AvgIpc) is 2.69. The third kappa shape index (κ3) is 3.46. The third-order valence-electron chi connectivity index (χ3n) is 2.78. The lowest BCUT2D eigenvalue weighted by Crippen LogP contribution is -2.40. The maximum atomic E-state index is 12.0. The number of rotatable bonds is 6. The number of hydrogen-bond donors (Lipinski definition) is 1. The minimum absolute atomic E-state index is 0.0459. The molecule has 102 valence electrons. The molecule has 0 aliphatic heterocycles. The monoisotopic (exact) mass is 255 g/mol. The van der Waals surface area contributed by atoms with Gasteiger partial charge in [-0.1, -0.05) is 12.1 Å². The molecule has 6 heteroatoms. The molecule has 0 radical (unpaired) electrons. The van der Waals surface area contributed by atoms with Crippen molar-refractivity contribution in [3.8, 4) is 5.95 Å². The summed E-state index contributed by atoms with van der Waals surface area (Å²) in [6.07, 6.45) is 0. The highest BCUT2D eigenvalue weighted by molar-refractivity contribution is 5.94. The summed E-state index contributed by atoms with van der Waals surface area (Å²) in [5.74, 6) is 0.0371. The third-order valence-corrected chi connectivity index (χ3v) is 2.78. The van der Waals surface area contributed by atoms with Crippen molar-refractivity contribution in [3.63, 3.8) is 0 Å². The fourth-order valence-electron chi connectivity index (χ4n) is 1.66. The molecule has 0 bridgehead atoms. The molecule has 0 aliphatic carbocycles. The highest BCUT2D eigenvalue weighted by atomic mass is 16.6. The molecule has 1 rings (SSSR count). The van der Waals surface area contributed by atoms with E-state index in [2.05, 4.69) is 22.3 Å². The number of hydrogen-bond acceptors (Lipinski definition) is 5. The molecular formula is C12H21N3O3. The van der Waals surface area contributed by atoms with E-state index in [0.717, 1.165) is 13.1 Å². The van der Waals surface area contributed by atoms with Crippen molar-refractivity contribution in [2.24, 2.45) is 0 Å². The zero-order chi connectivity index (χ0) is 13.7.